The molecule has 0 saturated carbocycles. The minimum atomic E-state index is 0.275. The van der Waals surface area contributed by atoms with Gasteiger partial charge in [0.25, 0.3) is 0 Å². The number of benzene rings is 1. The van der Waals surface area contributed by atoms with Crippen LogP contribution in [-0.4, -0.2) is 6.54 Å². The molecular weight excluding hydrogens is 182 g/mol. The van der Waals surface area contributed by atoms with Crippen LogP contribution in [0.5, 0.6) is 0 Å². The molecule has 1 N–H and O–H groups in total. The summed E-state index contributed by atoms with van der Waals surface area (Å²) in [5.41, 5.74) is 4.52. The molecule has 0 unspecified atom stereocenters. The van der Waals surface area contributed by atoms with Gasteiger partial charge in [-0.05, 0) is 29.0 Å². The summed E-state index contributed by atoms with van der Waals surface area (Å²) in [7, 11) is 0. The molecule has 1 nitrogen and oxygen atoms in total. The molecule has 1 aliphatic heterocycles. The average Bonchev–Trinajstić information content (AvgIpc) is 2.66. The number of hydrogen-bond donors (Lipinski definition) is 1. The van der Waals surface area contributed by atoms with E-state index in [2.05, 4.69) is 44.3 Å². The highest BCUT2D eigenvalue weighted by Crippen LogP contribution is 2.29. The zero-order valence-electron chi connectivity index (χ0n) is 10.6. The lowest BCUT2D eigenvalue weighted by Crippen LogP contribution is -2.10. The topological polar surface area (TPSA) is 12.0 Å². The number of nitrogens with one attached hydrogen (secondary N) is 1. The molecule has 1 heteroatoms. The molecule has 0 fully saturated rings. The Balaban J connectivity index is 0.000000531. The first-order valence-electron chi connectivity index (χ1n) is 5.95. The van der Waals surface area contributed by atoms with Crippen LogP contribution >= 0.6 is 0 Å². The molecule has 0 radical (unpaired) electrons. The maximum Gasteiger partial charge on any atom is 0.0373 e. The van der Waals surface area contributed by atoms with Crippen LogP contribution in [0.1, 0.15) is 45.7 Å². The van der Waals surface area contributed by atoms with E-state index < -0.39 is 0 Å². The van der Waals surface area contributed by atoms with Crippen LogP contribution in [0, 0.1) is 0 Å². The first-order valence-corrected chi connectivity index (χ1v) is 5.95. The van der Waals surface area contributed by atoms with Crippen LogP contribution in [0.2, 0.25) is 0 Å². The minimum Gasteiger partial charge on any atom is -0.384 e. The van der Waals surface area contributed by atoms with E-state index in [-0.39, 0.29) is 5.41 Å². The van der Waals surface area contributed by atoms with Gasteiger partial charge >= 0.3 is 0 Å². The Kier molecular flexibility index (Phi) is 3.78. The smallest absolute Gasteiger partial charge is 0.0373 e. The molecule has 84 valence electrons. The van der Waals surface area contributed by atoms with E-state index in [0.717, 1.165) is 6.54 Å². The van der Waals surface area contributed by atoms with Crippen LogP contribution in [0.4, 0.5) is 5.69 Å². The number of rotatable bonds is 0. The SMILES string of the molecule is CC.CC(C)(C)c1ccc2c(c1)CCN2. The van der Waals surface area contributed by atoms with Gasteiger partial charge in [0.2, 0.25) is 0 Å². The van der Waals surface area contributed by atoms with Crippen molar-refractivity contribution in [1.29, 1.82) is 0 Å². The summed E-state index contributed by atoms with van der Waals surface area (Å²) in [6.07, 6.45) is 1.18. The first-order chi connectivity index (χ1) is 7.07. The Morgan fingerprint density at radius 3 is 2.40 bits per heavy atom. The van der Waals surface area contributed by atoms with E-state index in [9.17, 15) is 0 Å². The average molecular weight is 205 g/mol. The highest BCUT2D eigenvalue weighted by molar-refractivity contribution is 5.57. The van der Waals surface area contributed by atoms with Gasteiger partial charge in [-0.15, -0.1) is 0 Å². The second-order valence-corrected chi connectivity index (χ2v) is 4.80. The summed E-state index contributed by atoms with van der Waals surface area (Å²) in [5.74, 6) is 0. The third kappa shape index (κ3) is 2.74. The van der Waals surface area contributed by atoms with Gasteiger partial charge in [-0.25, -0.2) is 0 Å². The summed E-state index contributed by atoms with van der Waals surface area (Å²) >= 11 is 0. The lowest BCUT2D eigenvalue weighted by atomic mass is 9.86. The van der Waals surface area contributed by atoms with Gasteiger partial charge in [-0.2, -0.15) is 0 Å². The lowest BCUT2D eigenvalue weighted by molar-refractivity contribution is 0.590. The van der Waals surface area contributed by atoms with Gasteiger partial charge in [0, 0.05) is 12.2 Å². The molecule has 1 heterocycles. The van der Waals surface area contributed by atoms with Crippen molar-refractivity contribution in [2.45, 2.75) is 46.5 Å². The fourth-order valence-electron chi connectivity index (χ4n) is 1.77. The summed E-state index contributed by atoms with van der Waals surface area (Å²) in [4.78, 5) is 0. The number of anilines is 1. The molecule has 0 bridgehead atoms. The van der Waals surface area contributed by atoms with Gasteiger partial charge in [0.05, 0.1) is 0 Å². The Labute approximate surface area is 93.9 Å². The zero-order chi connectivity index (χ0) is 11.5. The molecule has 1 aliphatic rings. The third-order valence-corrected chi connectivity index (χ3v) is 2.68. The van der Waals surface area contributed by atoms with E-state index in [1.54, 1.807) is 0 Å². The van der Waals surface area contributed by atoms with Crippen molar-refractivity contribution in [3.63, 3.8) is 0 Å². The van der Waals surface area contributed by atoms with Crippen molar-refractivity contribution in [1.82, 2.24) is 0 Å². The molecule has 2 rings (SSSR count). The van der Waals surface area contributed by atoms with Gasteiger partial charge in [0.15, 0.2) is 0 Å². The quantitative estimate of drug-likeness (QED) is 0.675. The Morgan fingerprint density at radius 2 is 1.80 bits per heavy atom. The fourth-order valence-corrected chi connectivity index (χ4v) is 1.77. The van der Waals surface area contributed by atoms with Crippen LogP contribution in [0.3, 0.4) is 0 Å². The van der Waals surface area contributed by atoms with Crippen molar-refractivity contribution in [2.75, 3.05) is 11.9 Å². The Hall–Kier alpha value is -0.980. The first kappa shape index (κ1) is 12.1. The number of fused-ring (bicyclic) bond motifs is 1. The number of hydrogen-bond acceptors (Lipinski definition) is 1. The summed E-state index contributed by atoms with van der Waals surface area (Å²) in [5, 5.41) is 3.38. The molecule has 0 spiro atoms. The normalized spacial score (nSPS) is 13.7. The zero-order valence-corrected chi connectivity index (χ0v) is 10.6. The summed E-state index contributed by atoms with van der Waals surface area (Å²) < 4.78 is 0. The van der Waals surface area contributed by atoms with Crippen LogP contribution in [0.15, 0.2) is 18.2 Å². The van der Waals surface area contributed by atoms with Crippen LogP contribution < -0.4 is 5.32 Å². The van der Waals surface area contributed by atoms with Gasteiger partial charge in [-0.1, -0.05) is 46.8 Å². The maximum absolute atomic E-state index is 3.38. The Morgan fingerprint density at radius 1 is 1.13 bits per heavy atom. The molecule has 0 aliphatic carbocycles. The van der Waals surface area contributed by atoms with Crippen molar-refractivity contribution >= 4 is 5.69 Å². The summed E-state index contributed by atoms with van der Waals surface area (Å²) in [6, 6.07) is 6.79. The van der Waals surface area contributed by atoms with Crippen LogP contribution in [-0.2, 0) is 11.8 Å². The monoisotopic (exact) mass is 205 g/mol. The molecule has 0 amide bonds. The second kappa shape index (κ2) is 4.69. The van der Waals surface area contributed by atoms with E-state index in [1.807, 2.05) is 13.8 Å². The molecular formula is C14H23N. The van der Waals surface area contributed by atoms with Crippen molar-refractivity contribution in [3.05, 3.63) is 29.3 Å². The van der Waals surface area contributed by atoms with Crippen molar-refractivity contribution in [2.24, 2.45) is 0 Å². The minimum absolute atomic E-state index is 0.275. The fraction of sp³-hybridized carbons (Fsp3) is 0.571. The predicted molar refractivity (Wildman–Crippen MR) is 68.7 cm³/mol. The Bertz CT molecular complexity index is 321. The molecule has 15 heavy (non-hydrogen) atoms. The standard InChI is InChI=1S/C12H17N.C2H6/c1-12(2,3)10-4-5-11-9(8-10)6-7-13-11;1-2/h4-5,8,13H,6-7H2,1-3H3;1-2H3. The predicted octanol–water partition coefficient (Wildman–Crippen LogP) is 3.98. The third-order valence-electron chi connectivity index (χ3n) is 2.68. The maximum atomic E-state index is 3.38. The lowest BCUT2D eigenvalue weighted by Gasteiger charge is -2.19. The van der Waals surface area contributed by atoms with E-state index in [1.165, 1.54) is 23.2 Å². The van der Waals surface area contributed by atoms with E-state index in [0.29, 0.717) is 0 Å². The molecule has 1 aromatic carbocycles. The van der Waals surface area contributed by atoms with E-state index >= 15 is 0 Å². The van der Waals surface area contributed by atoms with E-state index in [4.69, 9.17) is 0 Å². The van der Waals surface area contributed by atoms with Gasteiger partial charge < -0.3 is 5.32 Å². The second-order valence-electron chi connectivity index (χ2n) is 4.80. The summed E-state index contributed by atoms with van der Waals surface area (Å²) in [6.45, 7) is 11.9. The van der Waals surface area contributed by atoms with Gasteiger partial charge in [0.1, 0.15) is 0 Å². The largest absolute Gasteiger partial charge is 0.384 e. The molecule has 0 atom stereocenters. The van der Waals surface area contributed by atoms with Gasteiger partial charge in [-0.3, -0.25) is 0 Å². The highest BCUT2D eigenvalue weighted by Gasteiger charge is 2.17. The molecule has 1 aromatic rings. The van der Waals surface area contributed by atoms with Crippen LogP contribution in [0.25, 0.3) is 0 Å². The van der Waals surface area contributed by atoms with Crippen molar-refractivity contribution < 1.29 is 0 Å². The molecule has 0 saturated heterocycles. The highest BCUT2D eigenvalue weighted by atomic mass is 14.9. The molecule has 0 aromatic heterocycles. The van der Waals surface area contributed by atoms with Crippen molar-refractivity contribution in [3.8, 4) is 0 Å².